The minimum absolute atomic E-state index is 0.667. The molecule has 0 heterocycles. The van der Waals surface area contributed by atoms with Crippen LogP contribution in [0.15, 0.2) is 53.4 Å². The van der Waals surface area contributed by atoms with Gasteiger partial charge >= 0.3 is 0 Å². The van der Waals surface area contributed by atoms with Crippen molar-refractivity contribution < 1.29 is 0 Å². The zero-order valence-electron chi connectivity index (χ0n) is 9.66. The van der Waals surface area contributed by atoms with Crippen LogP contribution in [0.25, 0.3) is 0 Å². The lowest BCUT2D eigenvalue weighted by molar-refractivity contribution is 1.03. The summed E-state index contributed by atoms with van der Waals surface area (Å²) in [6, 6.07) is 15.2. The molecule has 0 aliphatic rings. The van der Waals surface area contributed by atoms with Crippen LogP contribution in [0.2, 0.25) is 5.02 Å². The summed E-state index contributed by atoms with van der Waals surface area (Å²) in [7, 11) is 0. The smallest absolute Gasteiger partial charge is 0.130 e. The van der Waals surface area contributed by atoms with Gasteiger partial charge in [-0.05, 0) is 41.6 Å². The SMILES string of the molecule is CSc1ccc(C(Cl)(Cl)c2ccc(Cl)cc2)cc1. The van der Waals surface area contributed by atoms with Crippen molar-refractivity contribution >= 4 is 46.6 Å². The van der Waals surface area contributed by atoms with E-state index >= 15 is 0 Å². The Hall–Kier alpha value is -0.340. The summed E-state index contributed by atoms with van der Waals surface area (Å²) in [6.07, 6.45) is 2.03. The van der Waals surface area contributed by atoms with Gasteiger partial charge in [0.1, 0.15) is 0 Å². The molecule has 94 valence electrons. The van der Waals surface area contributed by atoms with Crippen molar-refractivity contribution in [3.63, 3.8) is 0 Å². The van der Waals surface area contributed by atoms with Crippen LogP contribution in [-0.4, -0.2) is 6.26 Å². The molecule has 0 atom stereocenters. The number of hydrogen-bond donors (Lipinski definition) is 0. The first-order chi connectivity index (χ1) is 8.54. The standard InChI is InChI=1S/C14H11Cl3S/c1-18-13-8-4-11(5-9-13)14(16,17)10-2-6-12(15)7-3-10/h2-9H,1H3. The summed E-state index contributed by atoms with van der Waals surface area (Å²) in [4.78, 5) is 1.18. The Balaban J connectivity index is 2.37. The van der Waals surface area contributed by atoms with E-state index in [4.69, 9.17) is 34.8 Å². The van der Waals surface area contributed by atoms with Gasteiger partial charge in [0.2, 0.25) is 0 Å². The van der Waals surface area contributed by atoms with E-state index in [-0.39, 0.29) is 0 Å². The van der Waals surface area contributed by atoms with Crippen molar-refractivity contribution in [2.24, 2.45) is 0 Å². The summed E-state index contributed by atoms with van der Waals surface area (Å²) >= 11 is 20.4. The van der Waals surface area contributed by atoms with Gasteiger partial charge in [-0.3, -0.25) is 0 Å². The van der Waals surface area contributed by atoms with Gasteiger partial charge in [-0.2, -0.15) is 0 Å². The van der Waals surface area contributed by atoms with Crippen LogP contribution in [0.3, 0.4) is 0 Å². The maximum atomic E-state index is 6.45. The summed E-state index contributed by atoms with van der Waals surface area (Å²) < 4.78 is -1.05. The van der Waals surface area contributed by atoms with Gasteiger partial charge in [-0.15, -0.1) is 11.8 Å². The molecule has 0 spiro atoms. The predicted molar refractivity (Wildman–Crippen MR) is 82.2 cm³/mol. The molecule has 0 saturated heterocycles. The molecule has 0 amide bonds. The molecule has 2 aromatic carbocycles. The van der Waals surface area contributed by atoms with Crippen molar-refractivity contribution in [1.82, 2.24) is 0 Å². The van der Waals surface area contributed by atoms with E-state index in [2.05, 4.69) is 0 Å². The summed E-state index contributed by atoms with van der Waals surface area (Å²) in [5, 5.41) is 0.667. The van der Waals surface area contributed by atoms with Crippen LogP contribution >= 0.6 is 46.6 Å². The van der Waals surface area contributed by atoms with Gasteiger partial charge in [0.15, 0.2) is 4.33 Å². The molecule has 4 heteroatoms. The number of alkyl halides is 2. The monoisotopic (exact) mass is 316 g/mol. The minimum Gasteiger partial charge on any atom is -0.130 e. The fourth-order valence-electron chi connectivity index (χ4n) is 1.63. The highest BCUT2D eigenvalue weighted by atomic mass is 35.5. The van der Waals surface area contributed by atoms with E-state index < -0.39 is 4.33 Å². The van der Waals surface area contributed by atoms with E-state index in [0.717, 1.165) is 11.1 Å². The number of halogens is 3. The van der Waals surface area contributed by atoms with Gasteiger partial charge in [-0.25, -0.2) is 0 Å². The van der Waals surface area contributed by atoms with Gasteiger partial charge in [-0.1, -0.05) is 59.1 Å². The van der Waals surface area contributed by atoms with E-state index in [1.54, 1.807) is 23.9 Å². The highest BCUT2D eigenvalue weighted by Gasteiger charge is 2.28. The zero-order valence-corrected chi connectivity index (χ0v) is 12.7. The molecular formula is C14H11Cl3S. The summed E-state index contributed by atoms with van der Waals surface area (Å²) in [6.45, 7) is 0. The van der Waals surface area contributed by atoms with E-state index in [0.29, 0.717) is 5.02 Å². The highest BCUT2D eigenvalue weighted by molar-refractivity contribution is 7.98. The first-order valence-electron chi connectivity index (χ1n) is 5.32. The van der Waals surface area contributed by atoms with Crippen molar-refractivity contribution in [1.29, 1.82) is 0 Å². The second kappa shape index (κ2) is 5.75. The predicted octanol–water partition coefficient (Wildman–Crippen LogP) is 5.74. The van der Waals surface area contributed by atoms with E-state index in [9.17, 15) is 0 Å². The molecule has 0 radical (unpaired) electrons. The lowest BCUT2D eigenvalue weighted by atomic mass is 10.0. The molecule has 18 heavy (non-hydrogen) atoms. The Kier molecular flexibility index (Phi) is 4.50. The van der Waals surface area contributed by atoms with Crippen molar-refractivity contribution in [3.05, 3.63) is 64.7 Å². The van der Waals surface area contributed by atoms with Gasteiger partial charge in [0, 0.05) is 9.92 Å². The Labute approximate surface area is 126 Å². The average Bonchev–Trinajstić information content (AvgIpc) is 2.39. The number of thioether (sulfide) groups is 1. The van der Waals surface area contributed by atoms with Crippen LogP contribution in [0, 0.1) is 0 Å². The molecule has 2 rings (SSSR count). The van der Waals surface area contributed by atoms with Crippen molar-refractivity contribution in [3.8, 4) is 0 Å². The highest BCUT2D eigenvalue weighted by Crippen LogP contribution is 2.41. The number of benzene rings is 2. The fraction of sp³-hybridized carbons (Fsp3) is 0.143. The summed E-state index contributed by atoms with van der Waals surface area (Å²) in [5.41, 5.74) is 1.66. The zero-order chi connectivity index (χ0) is 13.2. The first kappa shape index (κ1) is 14.1. The number of rotatable bonds is 3. The molecule has 0 nitrogen and oxygen atoms in total. The second-order valence-corrected chi connectivity index (χ2v) is 6.45. The third-order valence-corrected chi connectivity index (χ3v) is 4.53. The van der Waals surface area contributed by atoms with Crippen LogP contribution < -0.4 is 0 Å². The molecule has 2 aromatic rings. The lowest BCUT2D eigenvalue weighted by Crippen LogP contribution is -2.11. The van der Waals surface area contributed by atoms with Crippen LogP contribution in [0.1, 0.15) is 11.1 Å². The quantitative estimate of drug-likeness (QED) is 0.514. The third kappa shape index (κ3) is 2.97. The minimum atomic E-state index is -1.05. The number of hydrogen-bond acceptors (Lipinski definition) is 1. The normalized spacial score (nSPS) is 11.6. The van der Waals surface area contributed by atoms with Crippen LogP contribution in [0.5, 0.6) is 0 Å². The van der Waals surface area contributed by atoms with Crippen LogP contribution in [-0.2, 0) is 4.33 Å². The second-order valence-electron chi connectivity index (χ2n) is 3.81. The molecule has 0 saturated carbocycles. The van der Waals surface area contributed by atoms with Gasteiger partial charge < -0.3 is 0 Å². The Bertz CT molecular complexity index is 518. The maximum Gasteiger partial charge on any atom is 0.168 e. The largest absolute Gasteiger partial charge is 0.168 e. The topological polar surface area (TPSA) is 0 Å². The molecule has 0 aliphatic carbocycles. The lowest BCUT2D eigenvalue weighted by Gasteiger charge is -2.21. The fourth-order valence-corrected chi connectivity index (χ4v) is 2.66. The third-order valence-electron chi connectivity index (χ3n) is 2.66. The van der Waals surface area contributed by atoms with Crippen LogP contribution in [0.4, 0.5) is 0 Å². The molecule has 0 N–H and O–H groups in total. The maximum absolute atomic E-state index is 6.45. The Morgan fingerprint density at radius 1 is 0.833 bits per heavy atom. The van der Waals surface area contributed by atoms with Gasteiger partial charge in [0.25, 0.3) is 0 Å². The van der Waals surface area contributed by atoms with Crippen molar-refractivity contribution in [2.75, 3.05) is 6.26 Å². The summed E-state index contributed by atoms with van der Waals surface area (Å²) in [5.74, 6) is 0. The molecule has 0 fully saturated rings. The molecule has 0 aromatic heterocycles. The van der Waals surface area contributed by atoms with Crippen molar-refractivity contribution in [2.45, 2.75) is 9.23 Å². The molecular weight excluding hydrogens is 307 g/mol. The van der Waals surface area contributed by atoms with E-state index in [1.165, 1.54) is 4.90 Å². The molecule has 0 aliphatic heterocycles. The Morgan fingerprint density at radius 3 is 1.72 bits per heavy atom. The van der Waals surface area contributed by atoms with Gasteiger partial charge in [0.05, 0.1) is 0 Å². The first-order valence-corrected chi connectivity index (χ1v) is 7.68. The molecule has 0 unspecified atom stereocenters. The Morgan fingerprint density at radius 2 is 1.28 bits per heavy atom. The average molecular weight is 318 g/mol. The molecule has 0 bridgehead atoms. The van der Waals surface area contributed by atoms with E-state index in [1.807, 2.05) is 42.7 Å².